The van der Waals surface area contributed by atoms with Crippen LogP contribution in [0.15, 0.2) is 53.7 Å². The molecule has 0 unspecified atom stereocenters. The Morgan fingerprint density at radius 2 is 1.50 bits per heavy atom. The van der Waals surface area contributed by atoms with Gasteiger partial charge in [0, 0.05) is 11.3 Å². The summed E-state index contributed by atoms with van der Waals surface area (Å²) >= 11 is 1.39. The van der Waals surface area contributed by atoms with Crippen LogP contribution >= 0.6 is 11.8 Å². The molecule has 0 saturated heterocycles. The van der Waals surface area contributed by atoms with Crippen LogP contribution in [0.5, 0.6) is 0 Å². The highest BCUT2D eigenvalue weighted by Gasteiger charge is 2.12. The molecule has 0 aliphatic rings. The Bertz CT molecular complexity index is 769. The second kappa shape index (κ2) is 6.15. The van der Waals surface area contributed by atoms with E-state index in [1.165, 1.54) is 40.7 Å². The van der Waals surface area contributed by atoms with Crippen molar-refractivity contribution in [1.29, 1.82) is 0 Å². The fourth-order valence-electron chi connectivity index (χ4n) is 1.90. The first kappa shape index (κ1) is 14.5. The van der Waals surface area contributed by atoms with E-state index >= 15 is 0 Å². The fourth-order valence-corrected chi connectivity index (χ4v) is 2.71. The lowest BCUT2D eigenvalue weighted by Gasteiger charge is -2.04. The minimum absolute atomic E-state index is 0.269. The molecule has 0 spiro atoms. The van der Waals surface area contributed by atoms with E-state index in [4.69, 9.17) is 5.84 Å². The van der Waals surface area contributed by atoms with Crippen molar-refractivity contribution in [2.24, 2.45) is 0 Å². The van der Waals surface area contributed by atoms with E-state index in [-0.39, 0.29) is 11.6 Å². The second-order valence-electron chi connectivity index (χ2n) is 4.60. The van der Waals surface area contributed by atoms with Crippen LogP contribution in [0, 0.1) is 11.6 Å². The molecule has 1 heterocycles. The molecule has 2 aromatic carbocycles. The normalized spacial score (nSPS) is 10.8. The van der Waals surface area contributed by atoms with Crippen molar-refractivity contribution >= 4 is 11.8 Å². The molecule has 0 atom stereocenters. The molecular weight excluding hydrogens is 306 g/mol. The number of thioether (sulfide) groups is 1. The van der Waals surface area contributed by atoms with Gasteiger partial charge in [0.15, 0.2) is 5.82 Å². The van der Waals surface area contributed by atoms with Crippen molar-refractivity contribution in [3.63, 3.8) is 0 Å². The number of aromatic nitrogens is 3. The lowest BCUT2D eigenvalue weighted by molar-refractivity contribution is 0.627. The Kier molecular flexibility index (Phi) is 4.06. The van der Waals surface area contributed by atoms with Crippen LogP contribution in [0.3, 0.4) is 0 Å². The summed E-state index contributed by atoms with van der Waals surface area (Å²) in [5, 5.41) is 8.59. The number of halogens is 2. The summed E-state index contributed by atoms with van der Waals surface area (Å²) in [5.74, 6) is 6.44. The van der Waals surface area contributed by atoms with Crippen LogP contribution in [0.25, 0.3) is 11.4 Å². The van der Waals surface area contributed by atoms with Gasteiger partial charge in [0.05, 0.1) is 0 Å². The van der Waals surface area contributed by atoms with E-state index in [0.29, 0.717) is 22.3 Å². The third-order valence-electron chi connectivity index (χ3n) is 3.05. The SMILES string of the molecule is Nn1c(SCc2ccc(F)cc2)nnc1-c1ccc(F)cc1. The molecule has 3 rings (SSSR count). The number of benzene rings is 2. The molecule has 0 amide bonds. The average molecular weight is 318 g/mol. The van der Waals surface area contributed by atoms with E-state index in [1.807, 2.05) is 0 Å². The average Bonchev–Trinajstić information content (AvgIpc) is 2.89. The maximum Gasteiger partial charge on any atom is 0.210 e. The number of rotatable bonds is 4. The summed E-state index contributed by atoms with van der Waals surface area (Å²) in [6.45, 7) is 0. The van der Waals surface area contributed by atoms with Gasteiger partial charge in [0.1, 0.15) is 11.6 Å². The van der Waals surface area contributed by atoms with Gasteiger partial charge in [-0.15, -0.1) is 10.2 Å². The first-order valence-corrected chi connectivity index (χ1v) is 7.46. The zero-order valence-corrected chi connectivity index (χ0v) is 12.2. The molecular formula is C15H12F2N4S. The van der Waals surface area contributed by atoms with Crippen LogP contribution in [0.2, 0.25) is 0 Å². The predicted octanol–water partition coefficient (Wildman–Crippen LogP) is 3.23. The van der Waals surface area contributed by atoms with Gasteiger partial charge in [-0.1, -0.05) is 23.9 Å². The van der Waals surface area contributed by atoms with E-state index in [9.17, 15) is 8.78 Å². The molecule has 3 aromatic rings. The minimum atomic E-state index is -0.322. The highest BCUT2D eigenvalue weighted by molar-refractivity contribution is 7.98. The second-order valence-corrected chi connectivity index (χ2v) is 5.54. The van der Waals surface area contributed by atoms with Crippen molar-refractivity contribution in [3.05, 3.63) is 65.7 Å². The molecule has 22 heavy (non-hydrogen) atoms. The van der Waals surface area contributed by atoms with Crippen molar-refractivity contribution in [3.8, 4) is 11.4 Å². The molecule has 2 N–H and O–H groups in total. The minimum Gasteiger partial charge on any atom is -0.335 e. The highest BCUT2D eigenvalue weighted by Crippen LogP contribution is 2.24. The molecule has 7 heteroatoms. The molecule has 0 bridgehead atoms. The smallest absolute Gasteiger partial charge is 0.210 e. The van der Waals surface area contributed by atoms with Crippen LogP contribution < -0.4 is 5.84 Å². The number of nitrogen functional groups attached to an aromatic ring is 1. The van der Waals surface area contributed by atoms with Gasteiger partial charge in [-0.25, -0.2) is 13.5 Å². The van der Waals surface area contributed by atoms with Gasteiger partial charge < -0.3 is 5.84 Å². The summed E-state index contributed by atoms with van der Waals surface area (Å²) < 4.78 is 27.2. The monoisotopic (exact) mass is 318 g/mol. The third-order valence-corrected chi connectivity index (χ3v) is 4.06. The number of nitrogens with two attached hydrogens (primary N) is 1. The fraction of sp³-hybridized carbons (Fsp3) is 0.0667. The first-order valence-electron chi connectivity index (χ1n) is 6.47. The van der Waals surface area contributed by atoms with Crippen molar-refractivity contribution in [2.75, 3.05) is 5.84 Å². The molecule has 0 saturated carbocycles. The summed E-state index contributed by atoms with van der Waals surface area (Å²) in [4.78, 5) is 0. The predicted molar refractivity (Wildman–Crippen MR) is 81.5 cm³/mol. The van der Waals surface area contributed by atoms with Crippen molar-refractivity contribution < 1.29 is 8.78 Å². The standard InChI is InChI=1S/C15H12F2N4S/c16-12-5-1-10(2-6-12)9-22-15-20-19-14(21(15)18)11-3-7-13(17)8-4-11/h1-8H,9,18H2. The van der Waals surface area contributed by atoms with Gasteiger partial charge in [0.2, 0.25) is 5.16 Å². The van der Waals surface area contributed by atoms with E-state index < -0.39 is 0 Å². The molecule has 4 nitrogen and oxygen atoms in total. The third kappa shape index (κ3) is 3.09. The Morgan fingerprint density at radius 1 is 0.909 bits per heavy atom. The molecule has 112 valence electrons. The summed E-state index contributed by atoms with van der Waals surface area (Å²) in [5.41, 5.74) is 1.64. The highest BCUT2D eigenvalue weighted by atomic mass is 32.2. The molecule has 0 fully saturated rings. The van der Waals surface area contributed by atoms with Crippen molar-refractivity contribution in [2.45, 2.75) is 10.9 Å². The zero-order chi connectivity index (χ0) is 15.5. The Morgan fingerprint density at radius 3 is 2.14 bits per heavy atom. The maximum absolute atomic E-state index is 12.9. The van der Waals surface area contributed by atoms with Gasteiger partial charge in [-0.3, -0.25) is 0 Å². The Hall–Kier alpha value is -2.41. The van der Waals surface area contributed by atoms with E-state index in [1.54, 1.807) is 24.3 Å². The molecule has 0 aliphatic carbocycles. The summed E-state index contributed by atoms with van der Waals surface area (Å²) in [7, 11) is 0. The quantitative estimate of drug-likeness (QED) is 0.593. The van der Waals surface area contributed by atoms with Gasteiger partial charge in [0.25, 0.3) is 0 Å². The summed E-state index contributed by atoms with van der Waals surface area (Å²) in [6, 6.07) is 12.1. The van der Waals surface area contributed by atoms with E-state index in [0.717, 1.165) is 5.56 Å². The number of hydrogen-bond donors (Lipinski definition) is 1. The van der Waals surface area contributed by atoms with Crippen LogP contribution in [-0.4, -0.2) is 14.9 Å². The largest absolute Gasteiger partial charge is 0.335 e. The van der Waals surface area contributed by atoms with Gasteiger partial charge >= 0.3 is 0 Å². The Balaban J connectivity index is 1.75. The lowest BCUT2D eigenvalue weighted by atomic mass is 10.2. The van der Waals surface area contributed by atoms with Crippen LogP contribution in [-0.2, 0) is 5.75 Å². The number of nitrogens with zero attached hydrogens (tertiary/aromatic N) is 3. The topological polar surface area (TPSA) is 56.7 Å². The van der Waals surface area contributed by atoms with Gasteiger partial charge in [-0.2, -0.15) is 0 Å². The first-order chi connectivity index (χ1) is 10.6. The lowest BCUT2D eigenvalue weighted by Crippen LogP contribution is -2.11. The van der Waals surface area contributed by atoms with Crippen LogP contribution in [0.4, 0.5) is 8.78 Å². The number of hydrogen-bond acceptors (Lipinski definition) is 4. The summed E-state index contributed by atoms with van der Waals surface area (Å²) in [6.07, 6.45) is 0. The molecule has 0 radical (unpaired) electrons. The maximum atomic E-state index is 12.9. The zero-order valence-electron chi connectivity index (χ0n) is 11.4. The van der Waals surface area contributed by atoms with Crippen LogP contribution in [0.1, 0.15) is 5.56 Å². The van der Waals surface area contributed by atoms with E-state index in [2.05, 4.69) is 10.2 Å². The molecule has 1 aromatic heterocycles. The Labute approximate surface area is 130 Å². The van der Waals surface area contributed by atoms with Crippen molar-refractivity contribution in [1.82, 2.24) is 14.9 Å². The molecule has 0 aliphatic heterocycles. The van der Waals surface area contributed by atoms with Gasteiger partial charge in [-0.05, 0) is 42.0 Å².